The number of para-hydroxylation sites is 1. The number of anilines is 1. The third-order valence-electron chi connectivity index (χ3n) is 4.73. The minimum atomic E-state index is 1.01. The van der Waals surface area contributed by atoms with Crippen molar-refractivity contribution in [3.8, 4) is 0 Å². The Morgan fingerprint density at radius 1 is 0.731 bits per heavy atom. The number of hydrogen-bond acceptors (Lipinski definition) is 2. The second-order valence-electron chi connectivity index (χ2n) is 7.06. The van der Waals surface area contributed by atoms with Gasteiger partial charge in [-0.1, -0.05) is 101 Å². The average Bonchev–Trinajstić information content (AvgIpc) is 2.69. The van der Waals surface area contributed by atoms with Gasteiger partial charge in [-0.15, -0.1) is 0 Å². The van der Waals surface area contributed by atoms with Gasteiger partial charge in [-0.2, -0.15) is 5.10 Å². The van der Waals surface area contributed by atoms with E-state index in [1.54, 1.807) is 0 Å². The largest absolute Gasteiger partial charge is 0.279 e. The first-order valence-electron chi connectivity index (χ1n) is 10.3. The van der Waals surface area contributed by atoms with E-state index < -0.39 is 0 Å². The Balaban J connectivity index is 1.57. The lowest BCUT2D eigenvalue weighted by atomic mass is 10.0. The zero-order valence-corrected chi connectivity index (χ0v) is 16.3. The molecule has 26 heavy (non-hydrogen) atoms. The van der Waals surface area contributed by atoms with Crippen LogP contribution in [-0.4, -0.2) is 6.21 Å². The summed E-state index contributed by atoms with van der Waals surface area (Å²) in [5, 5.41) is 4.29. The first kappa shape index (κ1) is 20.2. The summed E-state index contributed by atoms with van der Waals surface area (Å²) in [5.74, 6) is 0. The molecule has 2 heteroatoms. The zero-order chi connectivity index (χ0) is 18.3. The van der Waals surface area contributed by atoms with Crippen LogP contribution < -0.4 is 5.43 Å². The number of unbranched alkanes of at least 4 members (excludes halogenated alkanes) is 8. The average molecular weight is 351 g/mol. The van der Waals surface area contributed by atoms with Gasteiger partial charge in [0.15, 0.2) is 0 Å². The van der Waals surface area contributed by atoms with Crippen LogP contribution in [0.2, 0.25) is 0 Å². The number of nitrogens with one attached hydrogen (secondary N) is 1. The number of rotatable bonds is 13. The molecule has 0 saturated heterocycles. The van der Waals surface area contributed by atoms with E-state index in [0.29, 0.717) is 0 Å². The fourth-order valence-electron chi connectivity index (χ4n) is 3.10. The van der Waals surface area contributed by atoms with Crippen LogP contribution in [0.5, 0.6) is 0 Å². The maximum absolute atomic E-state index is 4.29. The van der Waals surface area contributed by atoms with E-state index in [1.807, 2.05) is 36.5 Å². The second-order valence-corrected chi connectivity index (χ2v) is 7.06. The lowest BCUT2D eigenvalue weighted by molar-refractivity contribution is 0.565. The van der Waals surface area contributed by atoms with Crippen molar-refractivity contribution in [2.45, 2.75) is 71.1 Å². The molecule has 0 heterocycles. The third-order valence-corrected chi connectivity index (χ3v) is 4.73. The van der Waals surface area contributed by atoms with Gasteiger partial charge in [-0.25, -0.2) is 0 Å². The van der Waals surface area contributed by atoms with Crippen LogP contribution in [0, 0.1) is 0 Å². The van der Waals surface area contributed by atoms with E-state index >= 15 is 0 Å². The van der Waals surface area contributed by atoms with Gasteiger partial charge in [0.2, 0.25) is 0 Å². The molecule has 0 amide bonds. The summed E-state index contributed by atoms with van der Waals surface area (Å²) in [6, 6.07) is 18.8. The van der Waals surface area contributed by atoms with Gasteiger partial charge >= 0.3 is 0 Å². The normalized spacial score (nSPS) is 11.1. The SMILES string of the molecule is CCCCCCCCCCCc1ccc(C=NNc2ccccc2)cc1. The van der Waals surface area contributed by atoms with E-state index in [2.05, 4.69) is 41.7 Å². The Labute approximate surface area is 159 Å². The minimum absolute atomic E-state index is 1.01. The fraction of sp³-hybridized carbons (Fsp3) is 0.458. The molecule has 0 unspecified atom stereocenters. The van der Waals surface area contributed by atoms with Gasteiger partial charge in [0.1, 0.15) is 0 Å². The maximum atomic E-state index is 4.29. The summed E-state index contributed by atoms with van der Waals surface area (Å²) in [6.45, 7) is 2.28. The molecule has 1 N–H and O–H groups in total. The van der Waals surface area contributed by atoms with Crippen LogP contribution in [0.3, 0.4) is 0 Å². The molecular weight excluding hydrogens is 316 g/mol. The standard InChI is InChI=1S/C24H34N2/c1-2-3-4-5-6-7-8-9-11-14-22-17-19-23(20-18-22)21-25-26-24-15-12-10-13-16-24/h10,12-13,15-21,26H,2-9,11,14H2,1H3. The lowest BCUT2D eigenvalue weighted by Gasteiger charge is -2.04. The maximum Gasteiger partial charge on any atom is 0.0561 e. The molecule has 0 bridgehead atoms. The van der Waals surface area contributed by atoms with E-state index in [0.717, 1.165) is 11.3 Å². The summed E-state index contributed by atoms with van der Waals surface area (Å²) in [4.78, 5) is 0. The van der Waals surface area contributed by atoms with Crippen molar-refractivity contribution in [1.29, 1.82) is 0 Å². The predicted molar refractivity (Wildman–Crippen MR) is 115 cm³/mol. The van der Waals surface area contributed by atoms with Crippen molar-refractivity contribution in [1.82, 2.24) is 0 Å². The lowest BCUT2D eigenvalue weighted by Crippen LogP contribution is -1.91. The predicted octanol–water partition coefficient (Wildman–Crippen LogP) is 7.21. The van der Waals surface area contributed by atoms with Crippen LogP contribution in [0.25, 0.3) is 0 Å². The topological polar surface area (TPSA) is 24.4 Å². The van der Waals surface area contributed by atoms with Crippen LogP contribution in [0.15, 0.2) is 59.7 Å². The van der Waals surface area contributed by atoms with E-state index in [-0.39, 0.29) is 0 Å². The van der Waals surface area contributed by atoms with Crippen molar-refractivity contribution in [3.05, 3.63) is 65.7 Å². The summed E-state index contributed by atoms with van der Waals surface area (Å²) >= 11 is 0. The van der Waals surface area contributed by atoms with Gasteiger partial charge in [0, 0.05) is 0 Å². The molecule has 2 aromatic carbocycles. The number of hydrogen-bond donors (Lipinski definition) is 1. The molecule has 0 aromatic heterocycles. The first-order chi connectivity index (χ1) is 12.9. The van der Waals surface area contributed by atoms with Crippen molar-refractivity contribution in [3.63, 3.8) is 0 Å². The molecule has 0 saturated carbocycles. The molecule has 0 aliphatic carbocycles. The summed E-state index contributed by atoms with van der Waals surface area (Å²) < 4.78 is 0. The number of nitrogens with zero attached hydrogens (tertiary/aromatic N) is 1. The summed E-state index contributed by atoms with van der Waals surface area (Å²) in [5.41, 5.74) is 6.61. The highest BCUT2D eigenvalue weighted by atomic mass is 15.3. The molecule has 0 radical (unpaired) electrons. The van der Waals surface area contributed by atoms with E-state index in [4.69, 9.17) is 0 Å². The van der Waals surface area contributed by atoms with Gasteiger partial charge in [0.05, 0.1) is 11.9 Å². The monoisotopic (exact) mass is 350 g/mol. The Morgan fingerprint density at radius 3 is 2.00 bits per heavy atom. The van der Waals surface area contributed by atoms with Crippen molar-refractivity contribution >= 4 is 11.9 Å². The Morgan fingerprint density at radius 2 is 1.35 bits per heavy atom. The van der Waals surface area contributed by atoms with E-state index in [1.165, 1.54) is 69.8 Å². The molecule has 0 spiro atoms. The van der Waals surface area contributed by atoms with Gasteiger partial charge in [0.25, 0.3) is 0 Å². The first-order valence-corrected chi connectivity index (χ1v) is 10.3. The van der Waals surface area contributed by atoms with Crippen LogP contribution in [0.4, 0.5) is 5.69 Å². The molecule has 2 nitrogen and oxygen atoms in total. The molecule has 0 atom stereocenters. The van der Waals surface area contributed by atoms with Gasteiger partial charge in [-0.05, 0) is 36.1 Å². The Bertz CT molecular complexity index is 602. The molecule has 140 valence electrons. The van der Waals surface area contributed by atoms with Gasteiger partial charge < -0.3 is 0 Å². The minimum Gasteiger partial charge on any atom is -0.279 e. The molecule has 0 aliphatic rings. The highest BCUT2D eigenvalue weighted by molar-refractivity contribution is 5.80. The zero-order valence-electron chi connectivity index (χ0n) is 16.3. The number of aryl methyl sites for hydroxylation is 1. The summed E-state index contributed by atoms with van der Waals surface area (Å²) in [7, 11) is 0. The highest BCUT2D eigenvalue weighted by Gasteiger charge is 1.96. The van der Waals surface area contributed by atoms with E-state index in [9.17, 15) is 0 Å². The number of benzene rings is 2. The highest BCUT2D eigenvalue weighted by Crippen LogP contribution is 2.12. The molecule has 2 rings (SSSR count). The van der Waals surface area contributed by atoms with Crippen molar-refractivity contribution in [2.24, 2.45) is 5.10 Å². The van der Waals surface area contributed by atoms with Crippen molar-refractivity contribution < 1.29 is 0 Å². The number of hydrazone groups is 1. The summed E-state index contributed by atoms with van der Waals surface area (Å²) in [6.07, 6.45) is 15.5. The van der Waals surface area contributed by atoms with Crippen molar-refractivity contribution in [2.75, 3.05) is 5.43 Å². The molecule has 0 aliphatic heterocycles. The fourth-order valence-corrected chi connectivity index (χ4v) is 3.10. The van der Waals surface area contributed by atoms with Crippen LogP contribution in [0.1, 0.15) is 75.8 Å². The van der Waals surface area contributed by atoms with Crippen LogP contribution in [-0.2, 0) is 6.42 Å². The smallest absolute Gasteiger partial charge is 0.0561 e. The molecule has 0 fully saturated rings. The molecule has 2 aromatic rings. The van der Waals surface area contributed by atoms with Gasteiger partial charge in [-0.3, -0.25) is 5.43 Å². The van der Waals surface area contributed by atoms with Crippen LogP contribution >= 0.6 is 0 Å². The third kappa shape index (κ3) is 8.84. The quantitative estimate of drug-likeness (QED) is 0.230. The molecular formula is C24H34N2. The Kier molecular flexibility index (Phi) is 10.2. The Hall–Kier alpha value is -2.09. The second kappa shape index (κ2) is 13.2.